The molecule has 0 unspecified atom stereocenters. The molecule has 0 spiro atoms. The summed E-state index contributed by atoms with van der Waals surface area (Å²) in [4.78, 5) is 0. The first-order chi connectivity index (χ1) is 15.2. The summed E-state index contributed by atoms with van der Waals surface area (Å²) in [6.45, 7) is 10.0. The zero-order valence-electron chi connectivity index (χ0n) is 19.1. The van der Waals surface area contributed by atoms with Crippen molar-refractivity contribution in [2.24, 2.45) is 7.05 Å². The predicted octanol–water partition coefficient (Wildman–Crippen LogP) is 6.17. The van der Waals surface area contributed by atoms with Crippen molar-refractivity contribution in [3.63, 3.8) is 0 Å². The smallest absolute Gasteiger partial charge is 0.316 e. The van der Waals surface area contributed by atoms with Gasteiger partial charge in [-0.2, -0.15) is 23.4 Å². The summed E-state index contributed by atoms with van der Waals surface area (Å²) < 4.78 is 42.8. The van der Waals surface area contributed by atoms with Gasteiger partial charge < -0.3 is 5.32 Å². The van der Waals surface area contributed by atoms with Crippen molar-refractivity contribution in [2.45, 2.75) is 39.9 Å². The van der Waals surface area contributed by atoms with Gasteiger partial charge in [-0.25, -0.2) is 0 Å². The van der Waals surface area contributed by atoms with Gasteiger partial charge in [0.25, 0.3) is 0 Å². The first-order valence-electron chi connectivity index (χ1n) is 10.4. The summed E-state index contributed by atoms with van der Waals surface area (Å²) in [6, 6.07) is 4.40. The molecule has 2 N–H and O–H groups in total. The lowest BCUT2D eigenvalue weighted by molar-refractivity contribution is -0.137. The Morgan fingerprint density at radius 2 is 1.97 bits per heavy atom. The Bertz CT molecular complexity index is 1070. The Morgan fingerprint density at radius 1 is 1.28 bits per heavy atom. The van der Waals surface area contributed by atoms with E-state index in [-0.39, 0.29) is 5.56 Å². The number of aromatic amines is 1. The molecule has 2 heterocycles. The Labute approximate surface area is 187 Å². The first kappa shape index (κ1) is 25.1. The van der Waals surface area contributed by atoms with Crippen LogP contribution in [0, 0.1) is 0 Å². The van der Waals surface area contributed by atoms with Crippen LogP contribution in [0.2, 0.25) is 0 Å². The zero-order valence-corrected chi connectivity index (χ0v) is 19.1. The molecular formula is C24H30F3N5. The van der Waals surface area contributed by atoms with Crippen LogP contribution in [0.25, 0.3) is 29.0 Å². The minimum absolute atomic E-state index is 0.130. The lowest BCUT2D eigenvalue weighted by Gasteiger charge is -2.15. The van der Waals surface area contributed by atoms with Crippen LogP contribution in [0.1, 0.15) is 55.1 Å². The second-order valence-corrected chi connectivity index (χ2v) is 7.45. The molecule has 0 saturated heterocycles. The van der Waals surface area contributed by atoms with E-state index in [2.05, 4.69) is 41.0 Å². The summed E-state index contributed by atoms with van der Waals surface area (Å²) in [6.07, 6.45) is 3.53. The molecule has 2 aromatic heterocycles. The van der Waals surface area contributed by atoms with E-state index in [1.807, 2.05) is 0 Å². The molecule has 0 radical (unpaired) electrons. The largest absolute Gasteiger partial charge is 0.417 e. The van der Waals surface area contributed by atoms with Gasteiger partial charge in [0.05, 0.1) is 17.5 Å². The summed E-state index contributed by atoms with van der Waals surface area (Å²) in [5, 5.41) is 14.2. The molecule has 5 nitrogen and oxygen atoms in total. The highest BCUT2D eigenvalue weighted by molar-refractivity contribution is 5.88. The van der Waals surface area contributed by atoms with E-state index in [9.17, 15) is 13.2 Å². The topological polar surface area (TPSA) is 58.5 Å². The van der Waals surface area contributed by atoms with E-state index < -0.39 is 11.7 Å². The minimum atomic E-state index is -4.46. The number of nitrogens with zero attached hydrogens (tertiary/aromatic N) is 3. The summed E-state index contributed by atoms with van der Waals surface area (Å²) in [5.41, 5.74) is 3.17. The molecule has 32 heavy (non-hydrogen) atoms. The summed E-state index contributed by atoms with van der Waals surface area (Å²) in [7, 11) is 3.48. The molecule has 0 saturated carbocycles. The fourth-order valence-corrected chi connectivity index (χ4v) is 3.21. The van der Waals surface area contributed by atoms with Gasteiger partial charge in [0.2, 0.25) is 0 Å². The fraction of sp³-hybridized carbons (Fsp3) is 0.333. The normalized spacial score (nSPS) is 11.8. The van der Waals surface area contributed by atoms with Gasteiger partial charge >= 0.3 is 6.18 Å². The molecule has 0 bridgehead atoms. The van der Waals surface area contributed by atoms with Gasteiger partial charge in [0, 0.05) is 30.9 Å². The van der Waals surface area contributed by atoms with E-state index >= 15 is 0 Å². The molecule has 3 rings (SSSR count). The third-order valence-electron chi connectivity index (χ3n) is 4.57. The first-order valence-corrected chi connectivity index (χ1v) is 10.4. The number of allylic oxidation sites excluding steroid dienone is 1. The number of hydrogen-bond acceptors (Lipinski definition) is 3. The van der Waals surface area contributed by atoms with Crippen LogP contribution in [-0.2, 0) is 19.8 Å². The molecule has 0 fully saturated rings. The Kier molecular flexibility index (Phi) is 8.60. The maximum Gasteiger partial charge on any atom is 0.417 e. The van der Waals surface area contributed by atoms with Crippen LogP contribution in [0.5, 0.6) is 0 Å². The molecule has 0 aliphatic rings. The number of benzene rings is 1. The van der Waals surface area contributed by atoms with Gasteiger partial charge in [-0.15, -0.1) is 0 Å². The number of H-pyrrole nitrogens is 1. The van der Waals surface area contributed by atoms with Crippen molar-refractivity contribution < 1.29 is 13.2 Å². The third kappa shape index (κ3) is 5.97. The number of rotatable bonds is 6. The average Bonchev–Trinajstić information content (AvgIpc) is 3.33. The summed E-state index contributed by atoms with van der Waals surface area (Å²) in [5.74, 6) is 0. The van der Waals surface area contributed by atoms with Gasteiger partial charge in [-0.05, 0) is 48.9 Å². The van der Waals surface area contributed by atoms with Crippen LogP contribution in [0.4, 0.5) is 13.2 Å². The maximum atomic E-state index is 13.7. The van der Waals surface area contributed by atoms with Crippen molar-refractivity contribution in [3.05, 3.63) is 65.1 Å². The summed E-state index contributed by atoms with van der Waals surface area (Å²) >= 11 is 0. The average molecular weight is 446 g/mol. The third-order valence-corrected chi connectivity index (χ3v) is 4.57. The molecule has 0 atom stereocenters. The number of halogens is 3. The van der Waals surface area contributed by atoms with Crippen LogP contribution < -0.4 is 5.32 Å². The molecule has 0 aliphatic carbocycles. The van der Waals surface area contributed by atoms with E-state index in [0.29, 0.717) is 34.6 Å². The number of aryl methyl sites for hydroxylation is 1. The number of nitrogens with one attached hydrogen (secondary N) is 2. The molecule has 8 heteroatoms. The molecule has 172 valence electrons. The molecule has 0 aliphatic heterocycles. The second kappa shape index (κ2) is 10.9. The number of alkyl halides is 3. The number of aromatic nitrogens is 4. The SMILES string of the molecule is C=Cc1[nH]nc(-c2cnn(C)c2)c1/C=C(\C)c1ccc(CNC)cc1C(F)(F)F.CCC. The van der Waals surface area contributed by atoms with Crippen molar-refractivity contribution in [1.29, 1.82) is 0 Å². The van der Waals surface area contributed by atoms with Crippen LogP contribution in [0.3, 0.4) is 0 Å². The van der Waals surface area contributed by atoms with Crippen LogP contribution in [-0.4, -0.2) is 27.0 Å². The molecule has 1 aromatic carbocycles. The van der Waals surface area contributed by atoms with E-state index in [1.54, 1.807) is 56.3 Å². The Morgan fingerprint density at radius 3 is 2.50 bits per heavy atom. The van der Waals surface area contributed by atoms with Crippen molar-refractivity contribution in [2.75, 3.05) is 7.05 Å². The lowest BCUT2D eigenvalue weighted by atomic mass is 9.95. The van der Waals surface area contributed by atoms with Crippen molar-refractivity contribution in [1.82, 2.24) is 25.3 Å². The van der Waals surface area contributed by atoms with Crippen LogP contribution in [0.15, 0.2) is 37.2 Å². The van der Waals surface area contributed by atoms with Gasteiger partial charge in [0.15, 0.2) is 0 Å². The van der Waals surface area contributed by atoms with Crippen molar-refractivity contribution >= 4 is 17.7 Å². The van der Waals surface area contributed by atoms with Crippen LogP contribution >= 0.6 is 0 Å². The highest BCUT2D eigenvalue weighted by atomic mass is 19.4. The standard InChI is InChI=1S/C21H22F3N5.C3H8/c1-5-19-17(20(28-27-19)15-11-26-29(4)12-15)8-13(2)16-7-6-14(10-25-3)9-18(16)21(22,23)24;1-3-2/h5-9,11-12,25H,1,10H2,2-4H3,(H,27,28);3H2,1-2H3/b13-8+;. The number of hydrogen-bond donors (Lipinski definition) is 2. The Balaban J connectivity index is 0.00000114. The highest BCUT2D eigenvalue weighted by Gasteiger charge is 2.34. The molecular weight excluding hydrogens is 415 g/mol. The molecule has 3 aromatic rings. The van der Waals surface area contributed by atoms with E-state index in [1.165, 1.54) is 18.6 Å². The lowest BCUT2D eigenvalue weighted by Crippen LogP contribution is -2.11. The van der Waals surface area contributed by atoms with E-state index in [0.717, 1.165) is 5.56 Å². The van der Waals surface area contributed by atoms with E-state index in [4.69, 9.17) is 0 Å². The molecule has 0 amide bonds. The second-order valence-electron chi connectivity index (χ2n) is 7.45. The van der Waals surface area contributed by atoms with Crippen molar-refractivity contribution in [3.8, 4) is 11.3 Å². The van der Waals surface area contributed by atoms with Gasteiger partial charge in [-0.1, -0.05) is 39.0 Å². The minimum Gasteiger partial charge on any atom is -0.316 e. The van der Waals surface area contributed by atoms with Gasteiger partial charge in [0.1, 0.15) is 5.69 Å². The van der Waals surface area contributed by atoms with Gasteiger partial charge in [-0.3, -0.25) is 9.78 Å². The monoisotopic (exact) mass is 445 g/mol. The quantitative estimate of drug-likeness (QED) is 0.477. The maximum absolute atomic E-state index is 13.7. The fourth-order valence-electron chi connectivity index (χ4n) is 3.21. The Hall–Kier alpha value is -3.13. The predicted molar refractivity (Wildman–Crippen MR) is 125 cm³/mol. The highest BCUT2D eigenvalue weighted by Crippen LogP contribution is 2.37. The zero-order chi connectivity index (χ0) is 23.9.